The maximum atomic E-state index is 14.5. The zero-order valence-corrected chi connectivity index (χ0v) is 28.5. The first-order valence-corrected chi connectivity index (χ1v) is 17.7. The summed E-state index contributed by atoms with van der Waals surface area (Å²) in [6, 6.07) is 25.1. The van der Waals surface area contributed by atoms with Crippen molar-refractivity contribution in [2.75, 3.05) is 0 Å². The van der Waals surface area contributed by atoms with Gasteiger partial charge >= 0.3 is 0 Å². The van der Waals surface area contributed by atoms with Crippen molar-refractivity contribution < 1.29 is 14.3 Å². The molecule has 0 saturated heterocycles. The molecule has 0 aromatic heterocycles. The largest absolute Gasteiger partial charge is 0.489 e. The number of nitrogens with one attached hydrogen (secondary N) is 1. The van der Waals surface area contributed by atoms with E-state index in [-0.39, 0.29) is 34.5 Å². The van der Waals surface area contributed by atoms with E-state index in [1.807, 2.05) is 24.3 Å². The summed E-state index contributed by atoms with van der Waals surface area (Å²) in [6.07, 6.45) is 9.10. The van der Waals surface area contributed by atoms with Crippen LogP contribution in [0.25, 0.3) is 0 Å². The lowest BCUT2D eigenvalue weighted by atomic mass is 9.49. The zero-order chi connectivity index (χ0) is 33.0. The summed E-state index contributed by atoms with van der Waals surface area (Å²) in [5.41, 5.74) is 5.31. The van der Waals surface area contributed by atoms with Gasteiger partial charge in [0.05, 0.1) is 22.5 Å². The molecule has 3 aromatic carbocycles. The molecule has 2 amide bonds. The molecule has 0 aliphatic heterocycles. The standard InChI is InChI=1S/C42H48N2O3/c1-39-20-8-22-41(3,35(39)18-15-30-13-12-29(26-43)24-33(30)39)37(45)44-38(46)42(4)23-9-21-40(2)34-25-32(17-14-31(34)16-19-36(40)42)47-27-28-10-6-5-7-11-28/h5-7,10-14,17,24-25,35-36H,8-9,15-16,18-23,27H2,1-4H3,(H,44,45,46)/t35-,36-,39-,40-,41+,42+/m1/s1. The Balaban J connectivity index is 1.12. The number of nitrogens with zero attached hydrogens (tertiary/aromatic N) is 1. The van der Waals surface area contributed by atoms with E-state index in [0.717, 1.165) is 75.5 Å². The van der Waals surface area contributed by atoms with Crippen molar-refractivity contribution in [1.82, 2.24) is 5.32 Å². The van der Waals surface area contributed by atoms with Crippen LogP contribution in [0.15, 0.2) is 66.7 Å². The van der Waals surface area contributed by atoms with Gasteiger partial charge in [0, 0.05) is 0 Å². The van der Waals surface area contributed by atoms with Gasteiger partial charge in [-0.3, -0.25) is 14.9 Å². The van der Waals surface area contributed by atoms with Crippen LogP contribution in [0.2, 0.25) is 0 Å². The third kappa shape index (κ3) is 5.11. The van der Waals surface area contributed by atoms with Crippen LogP contribution in [0.4, 0.5) is 0 Å². The van der Waals surface area contributed by atoms with Crippen molar-refractivity contribution >= 4 is 11.8 Å². The molecule has 3 aromatic rings. The second-order valence-electron chi connectivity index (χ2n) is 15.9. The molecular formula is C42H48N2O3. The summed E-state index contributed by atoms with van der Waals surface area (Å²) in [7, 11) is 0. The molecule has 0 spiro atoms. The number of carbonyl (C=O) groups excluding carboxylic acids is 2. The number of fused-ring (bicyclic) bond motifs is 6. The average molecular weight is 629 g/mol. The Labute approximate surface area is 280 Å². The van der Waals surface area contributed by atoms with Gasteiger partial charge in [-0.15, -0.1) is 0 Å². The molecule has 2 saturated carbocycles. The van der Waals surface area contributed by atoms with Gasteiger partial charge in [-0.1, -0.05) is 83.0 Å². The molecule has 2 fully saturated rings. The molecule has 4 aliphatic rings. The Morgan fingerprint density at radius 3 is 1.89 bits per heavy atom. The third-order valence-electron chi connectivity index (χ3n) is 13.3. The zero-order valence-electron chi connectivity index (χ0n) is 28.5. The predicted molar refractivity (Wildman–Crippen MR) is 184 cm³/mol. The fourth-order valence-electron chi connectivity index (χ4n) is 10.7. The average Bonchev–Trinajstić information content (AvgIpc) is 3.07. The number of carbonyl (C=O) groups is 2. The minimum Gasteiger partial charge on any atom is -0.489 e. The SMILES string of the molecule is C[C@]1(C(=O)NC(=O)[C@@]2(C)CCC[C@]3(C)c4cc(OCc5ccccc5)ccc4CC[C@@H]23)CCC[C@]2(C)c3cc(C#N)ccc3CC[C@@H]12. The summed E-state index contributed by atoms with van der Waals surface area (Å²) in [5, 5.41) is 12.7. The van der Waals surface area contributed by atoms with Crippen molar-refractivity contribution in [2.24, 2.45) is 22.7 Å². The first-order chi connectivity index (χ1) is 22.5. The Morgan fingerprint density at radius 2 is 1.32 bits per heavy atom. The normalized spacial score (nSPS) is 32.4. The van der Waals surface area contributed by atoms with Crippen LogP contribution in [0.5, 0.6) is 5.75 Å². The van der Waals surface area contributed by atoms with Crippen LogP contribution in [-0.2, 0) is 39.9 Å². The molecule has 0 radical (unpaired) electrons. The van der Waals surface area contributed by atoms with E-state index >= 15 is 0 Å². The van der Waals surface area contributed by atoms with E-state index in [0.29, 0.717) is 12.2 Å². The van der Waals surface area contributed by atoms with E-state index in [1.165, 1.54) is 22.3 Å². The molecule has 0 unspecified atom stereocenters. The van der Waals surface area contributed by atoms with Crippen molar-refractivity contribution in [2.45, 2.75) is 109 Å². The first kappa shape index (κ1) is 31.7. The van der Waals surface area contributed by atoms with Crippen molar-refractivity contribution in [3.63, 3.8) is 0 Å². The van der Waals surface area contributed by atoms with Crippen LogP contribution in [-0.4, -0.2) is 11.8 Å². The lowest BCUT2D eigenvalue weighted by molar-refractivity contribution is -0.150. The van der Waals surface area contributed by atoms with E-state index in [9.17, 15) is 14.9 Å². The van der Waals surface area contributed by atoms with Gasteiger partial charge in [-0.05, 0) is 126 Å². The molecule has 5 heteroatoms. The highest BCUT2D eigenvalue weighted by Gasteiger charge is 2.58. The van der Waals surface area contributed by atoms with Crippen LogP contribution in [0, 0.1) is 34.0 Å². The first-order valence-electron chi connectivity index (χ1n) is 17.7. The van der Waals surface area contributed by atoms with Gasteiger partial charge in [-0.25, -0.2) is 0 Å². The highest BCUT2D eigenvalue weighted by atomic mass is 16.5. The van der Waals surface area contributed by atoms with Gasteiger partial charge in [-0.2, -0.15) is 5.26 Å². The third-order valence-corrected chi connectivity index (χ3v) is 13.3. The van der Waals surface area contributed by atoms with Crippen molar-refractivity contribution in [3.8, 4) is 11.8 Å². The minimum atomic E-state index is -0.651. The van der Waals surface area contributed by atoms with Gasteiger partial charge < -0.3 is 4.74 Å². The Bertz CT molecular complexity index is 1760. The Kier molecular flexibility index (Phi) is 7.85. The van der Waals surface area contributed by atoms with E-state index in [2.05, 4.69) is 81.5 Å². The number of ether oxygens (including phenoxy) is 1. The maximum Gasteiger partial charge on any atom is 0.232 e. The van der Waals surface area contributed by atoms with Crippen molar-refractivity contribution in [3.05, 3.63) is 100 Å². The molecule has 1 N–H and O–H groups in total. The number of nitriles is 1. The lowest BCUT2D eigenvalue weighted by Gasteiger charge is -2.56. The summed E-state index contributed by atoms with van der Waals surface area (Å²) in [6.45, 7) is 9.36. The molecule has 244 valence electrons. The summed E-state index contributed by atoms with van der Waals surface area (Å²) in [4.78, 5) is 28.9. The summed E-state index contributed by atoms with van der Waals surface area (Å²) >= 11 is 0. The highest BCUT2D eigenvalue weighted by Crippen LogP contribution is 2.59. The van der Waals surface area contributed by atoms with Crippen LogP contribution < -0.4 is 10.1 Å². The number of benzene rings is 3. The molecule has 7 rings (SSSR count). The quantitative estimate of drug-likeness (QED) is 0.287. The summed E-state index contributed by atoms with van der Waals surface area (Å²) < 4.78 is 6.26. The molecule has 0 heterocycles. The monoisotopic (exact) mass is 628 g/mol. The highest BCUT2D eigenvalue weighted by molar-refractivity contribution is 6.00. The number of hydrogen-bond donors (Lipinski definition) is 1. The van der Waals surface area contributed by atoms with E-state index in [1.54, 1.807) is 0 Å². The van der Waals surface area contributed by atoms with Crippen LogP contribution in [0.3, 0.4) is 0 Å². The maximum absolute atomic E-state index is 14.5. The van der Waals surface area contributed by atoms with Gasteiger partial charge in [0.25, 0.3) is 0 Å². The number of amides is 2. The number of rotatable bonds is 5. The van der Waals surface area contributed by atoms with Crippen LogP contribution in [0.1, 0.15) is 112 Å². The molecule has 47 heavy (non-hydrogen) atoms. The lowest BCUT2D eigenvalue weighted by Crippen LogP contribution is -2.60. The number of hydrogen-bond acceptors (Lipinski definition) is 4. The smallest absolute Gasteiger partial charge is 0.232 e. The van der Waals surface area contributed by atoms with Gasteiger partial charge in [0.1, 0.15) is 12.4 Å². The Hall–Kier alpha value is -3.91. The molecule has 6 atom stereocenters. The van der Waals surface area contributed by atoms with E-state index in [4.69, 9.17) is 4.74 Å². The Morgan fingerprint density at radius 1 is 0.766 bits per heavy atom. The fraction of sp³-hybridized carbons (Fsp3) is 0.500. The topological polar surface area (TPSA) is 79.2 Å². The number of imide groups is 1. The second-order valence-corrected chi connectivity index (χ2v) is 15.9. The summed E-state index contributed by atoms with van der Waals surface area (Å²) in [5.74, 6) is 0.891. The van der Waals surface area contributed by atoms with Crippen molar-refractivity contribution in [1.29, 1.82) is 5.26 Å². The minimum absolute atomic E-state index is 0.102. The fourth-order valence-corrected chi connectivity index (χ4v) is 10.7. The van der Waals surface area contributed by atoms with Gasteiger partial charge in [0.15, 0.2) is 0 Å². The van der Waals surface area contributed by atoms with E-state index < -0.39 is 10.8 Å². The molecular weight excluding hydrogens is 580 g/mol. The van der Waals surface area contributed by atoms with Crippen LogP contribution >= 0.6 is 0 Å². The molecule has 5 nitrogen and oxygen atoms in total. The van der Waals surface area contributed by atoms with Gasteiger partial charge in [0.2, 0.25) is 11.8 Å². The molecule has 4 aliphatic carbocycles. The predicted octanol–water partition coefficient (Wildman–Crippen LogP) is 8.50. The second kappa shape index (κ2) is 11.7. The molecule has 0 bridgehead atoms. The number of aryl methyl sites for hydroxylation is 2.